The van der Waals surface area contributed by atoms with Crippen molar-refractivity contribution >= 4 is 45.5 Å². The van der Waals surface area contributed by atoms with Crippen molar-refractivity contribution < 1.29 is 4.79 Å². The third-order valence-corrected chi connectivity index (χ3v) is 5.40. The van der Waals surface area contributed by atoms with Crippen molar-refractivity contribution in [2.45, 2.75) is 6.92 Å². The first-order valence-corrected chi connectivity index (χ1v) is 9.80. The quantitative estimate of drug-likeness (QED) is 0.450. The number of nitrogens with zero attached hydrogens (tertiary/aromatic N) is 3. The second-order valence-electron chi connectivity index (χ2n) is 6.42. The van der Waals surface area contributed by atoms with Crippen LogP contribution in [0.15, 0.2) is 83.2 Å². The number of thioether (sulfide) groups is 1. The van der Waals surface area contributed by atoms with Crippen LogP contribution < -0.4 is 0 Å². The monoisotopic (exact) mass is 385 g/mol. The van der Waals surface area contributed by atoms with Gasteiger partial charge in [0.15, 0.2) is 11.0 Å². The van der Waals surface area contributed by atoms with E-state index in [0.717, 1.165) is 22.0 Å². The smallest absolute Gasteiger partial charge is 0.267 e. The molecule has 0 radical (unpaired) electrons. The lowest BCUT2D eigenvalue weighted by Crippen LogP contribution is -2.29. The van der Waals surface area contributed by atoms with E-state index in [4.69, 9.17) is 0 Å². The van der Waals surface area contributed by atoms with Gasteiger partial charge in [-0.1, -0.05) is 54.6 Å². The number of aryl methyl sites for hydroxylation is 1. The van der Waals surface area contributed by atoms with Crippen molar-refractivity contribution in [2.24, 2.45) is 4.99 Å². The van der Waals surface area contributed by atoms with Crippen LogP contribution in [0.3, 0.4) is 0 Å². The highest BCUT2D eigenvalue weighted by Gasteiger charge is 2.32. The number of pyridine rings is 1. The van der Waals surface area contributed by atoms with E-state index in [1.807, 2.05) is 55.5 Å². The Bertz CT molecular complexity index is 1130. The predicted molar refractivity (Wildman–Crippen MR) is 117 cm³/mol. The number of carbonyl (C=O) groups excluding carboxylic acids is 1. The Morgan fingerprint density at radius 1 is 1.11 bits per heavy atom. The Morgan fingerprint density at radius 2 is 1.89 bits per heavy atom. The summed E-state index contributed by atoms with van der Waals surface area (Å²) in [6.45, 7) is 6.10. The highest BCUT2D eigenvalue weighted by Crippen LogP contribution is 2.35. The van der Waals surface area contributed by atoms with Crippen LogP contribution in [-0.2, 0) is 4.79 Å². The fraction of sp³-hybridized carbons (Fsp3) is 0.0870. The van der Waals surface area contributed by atoms with E-state index in [1.54, 1.807) is 11.0 Å². The number of hydrogen-bond acceptors (Lipinski definition) is 4. The van der Waals surface area contributed by atoms with Gasteiger partial charge in [0.25, 0.3) is 5.91 Å². The molecule has 1 saturated heterocycles. The lowest BCUT2D eigenvalue weighted by molar-refractivity contribution is -0.121. The predicted octanol–water partition coefficient (Wildman–Crippen LogP) is 5.33. The van der Waals surface area contributed by atoms with Crippen LogP contribution >= 0.6 is 11.8 Å². The molecule has 138 valence electrons. The zero-order chi connectivity index (χ0) is 19.5. The Balaban J connectivity index is 1.75. The molecule has 1 aromatic heterocycles. The second kappa shape index (κ2) is 7.82. The first kappa shape index (κ1) is 18.2. The van der Waals surface area contributed by atoms with Gasteiger partial charge in [-0.15, -0.1) is 6.58 Å². The van der Waals surface area contributed by atoms with E-state index < -0.39 is 0 Å². The third-order valence-electron chi connectivity index (χ3n) is 4.39. The molecular weight excluding hydrogens is 366 g/mol. The lowest BCUT2D eigenvalue weighted by atomic mass is 10.0. The lowest BCUT2D eigenvalue weighted by Gasteiger charge is -2.12. The average Bonchev–Trinajstić information content (AvgIpc) is 2.97. The van der Waals surface area contributed by atoms with Gasteiger partial charge in [-0.05, 0) is 53.2 Å². The number of hydrogen-bond donors (Lipinski definition) is 0. The topological polar surface area (TPSA) is 45.6 Å². The molecule has 0 aliphatic carbocycles. The van der Waals surface area contributed by atoms with E-state index in [-0.39, 0.29) is 5.91 Å². The molecule has 1 amide bonds. The standard InChI is InChI=1S/C23H19N3OS/c1-3-14-26-22(27)20(28-23(26)25-21-13-6-8-16(2)24-21)15-18-11-7-10-17-9-4-5-12-19(17)18/h3-13,15H,1,14H2,2H3/b20-15-,25-23+. The van der Waals surface area contributed by atoms with Gasteiger partial charge in [0.2, 0.25) is 0 Å². The van der Waals surface area contributed by atoms with Gasteiger partial charge >= 0.3 is 0 Å². The highest BCUT2D eigenvalue weighted by atomic mass is 32.2. The number of fused-ring (bicyclic) bond motifs is 1. The number of rotatable bonds is 4. The van der Waals surface area contributed by atoms with Crippen LogP contribution in [0, 0.1) is 6.92 Å². The number of carbonyl (C=O) groups is 1. The van der Waals surface area contributed by atoms with Crippen LogP contribution in [0.1, 0.15) is 11.3 Å². The Hall–Kier alpha value is -3.18. The summed E-state index contributed by atoms with van der Waals surface area (Å²) < 4.78 is 0. The van der Waals surface area contributed by atoms with Crippen LogP contribution in [0.2, 0.25) is 0 Å². The molecule has 2 aromatic carbocycles. The molecule has 0 N–H and O–H groups in total. The van der Waals surface area contributed by atoms with Crippen molar-refractivity contribution in [3.8, 4) is 0 Å². The van der Waals surface area contributed by atoms with Crippen molar-refractivity contribution in [3.05, 3.63) is 89.5 Å². The third kappa shape index (κ3) is 3.62. The summed E-state index contributed by atoms with van der Waals surface area (Å²) in [5, 5.41) is 2.88. The van der Waals surface area contributed by atoms with Gasteiger partial charge in [-0.2, -0.15) is 0 Å². The Kier molecular flexibility index (Phi) is 5.08. The van der Waals surface area contributed by atoms with Gasteiger partial charge in [0.05, 0.1) is 4.91 Å². The largest absolute Gasteiger partial charge is 0.282 e. The van der Waals surface area contributed by atoms with Gasteiger partial charge in [-0.25, -0.2) is 9.98 Å². The van der Waals surface area contributed by atoms with E-state index in [0.29, 0.717) is 22.4 Å². The molecular formula is C23H19N3OS. The summed E-state index contributed by atoms with van der Waals surface area (Å²) in [5.41, 5.74) is 1.90. The van der Waals surface area contributed by atoms with Crippen LogP contribution in [0.25, 0.3) is 16.8 Å². The minimum Gasteiger partial charge on any atom is -0.282 e. The molecule has 4 nitrogen and oxygen atoms in total. The van der Waals surface area contributed by atoms with Gasteiger partial charge < -0.3 is 0 Å². The molecule has 1 aliphatic heterocycles. The number of aliphatic imine (C=N–C) groups is 1. The first-order chi connectivity index (χ1) is 13.7. The molecule has 1 aliphatic rings. The van der Waals surface area contributed by atoms with Gasteiger partial charge in [0, 0.05) is 12.2 Å². The normalized spacial score (nSPS) is 17.0. The molecule has 0 bridgehead atoms. The van der Waals surface area contributed by atoms with Crippen LogP contribution in [0.4, 0.5) is 5.82 Å². The highest BCUT2D eigenvalue weighted by molar-refractivity contribution is 8.18. The summed E-state index contributed by atoms with van der Waals surface area (Å²) in [5.74, 6) is 0.528. The van der Waals surface area contributed by atoms with Crippen molar-refractivity contribution in [3.63, 3.8) is 0 Å². The molecule has 0 atom stereocenters. The number of amidine groups is 1. The number of aromatic nitrogens is 1. The maximum Gasteiger partial charge on any atom is 0.267 e. The molecule has 0 unspecified atom stereocenters. The summed E-state index contributed by atoms with van der Waals surface area (Å²) in [6, 6.07) is 19.9. The zero-order valence-corrected chi connectivity index (χ0v) is 16.3. The molecule has 3 aromatic rings. The summed E-state index contributed by atoms with van der Waals surface area (Å²) in [7, 11) is 0. The average molecular weight is 385 g/mol. The SMILES string of the molecule is C=CCN1C(=O)/C(=C/c2cccc3ccccc23)S/C1=N/c1cccc(C)n1. The Labute approximate surface area is 168 Å². The molecule has 0 spiro atoms. The van der Waals surface area contributed by atoms with Crippen molar-refractivity contribution in [1.29, 1.82) is 0 Å². The zero-order valence-electron chi connectivity index (χ0n) is 15.5. The minimum atomic E-state index is -0.0655. The van der Waals surface area contributed by atoms with Crippen LogP contribution in [0.5, 0.6) is 0 Å². The number of benzene rings is 2. The Morgan fingerprint density at radius 3 is 2.71 bits per heavy atom. The molecule has 1 fully saturated rings. The van der Waals surface area contributed by atoms with Crippen LogP contribution in [-0.4, -0.2) is 27.5 Å². The maximum absolute atomic E-state index is 13.0. The van der Waals surface area contributed by atoms with E-state index >= 15 is 0 Å². The molecule has 5 heteroatoms. The van der Waals surface area contributed by atoms with E-state index in [9.17, 15) is 4.79 Å². The summed E-state index contributed by atoms with van der Waals surface area (Å²) in [6.07, 6.45) is 3.65. The van der Waals surface area contributed by atoms with Crippen molar-refractivity contribution in [1.82, 2.24) is 9.88 Å². The molecule has 0 saturated carbocycles. The van der Waals surface area contributed by atoms with Gasteiger partial charge in [0.1, 0.15) is 0 Å². The van der Waals surface area contributed by atoms with Crippen molar-refractivity contribution in [2.75, 3.05) is 6.54 Å². The molecule has 2 heterocycles. The minimum absolute atomic E-state index is 0.0655. The number of amides is 1. The first-order valence-electron chi connectivity index (χ1n) is 8.98. The molecule has 4 rings (SSSR count). The van der Waals surface area contributed by atoms with E-state index in [1.165, 1.54) is 11.8 Å². The fourth-order valence-electron chi connectivity index (χ4n) is 3.09. The van der Waals surface area contributed by atoms with E-state index in [2.05, 4.69) is 34.8 Å². The fourth-order valence-corrected chi connectivity index (χ4v) is 4.07. The summed E-state index contributed by atoms with van der Waals surface area (Å²) >= 11 is 1.37. The second-order valence-corrected chi connectivity index (χ2v) is 7.42. The molecule has 28 heavy (non-hydrogen) atoms. The van der Waals surface area contributed by atoms with Gasteiger partial charge in [-0.3, -0.25) is 9.69 Å². The maximum atomic E-state index is 13.0. The summed E-state index contributed by atoms with van der Waals surface area (Å²) in [4.78, 5) is 24.3.